The fourth-order valence-corrected chi connectivity index (χ4v) is 20.2. The van der Waals surface area contributed by atoms with Gasteiger partial charge in [-0.05, 0) is 150 Å². The number of rotatable bonds is 32. The third-order valence-electron chi connectivity index (χ3n) is 27.6. The molecule has 0 aromatic heterocycles. The van der Waals surface area contributed by atoms with Crippen LogP contribution < -0.4 is 40.2 Å². The minimum atomic E-state index is -2.68. The molecule has 4 N–H and O–H groups in total. The molecule has 8 aromatic carbocycles. The summed E-state index contributed by atoms with van der Waals surface area (Å²) in [7, 11) is 0. The van der Waals surface area contributed by atoms with Gasteiger partial charge in [-0.15, -0.1) is 0 Å². The number of ether oxygens (including phenoxy) is 4. The largest absolute Gasteiger partial charge is 0.489 e. The van der Waals surface area contributed by atoms with E-state index in [1.807, 2.05) is 173 Å². The van der Waals surface area contributed by atoms with Crippen LogP contribution >= 0.6 is 0 Å². The maximum atomic E-state index is 14.1. The molecule has 4 fully saturated rings. The lowest BCUT2D eigenvalue weighted by Gasteiger charge is -2.31. The zero-order chi connectivity index (χ0) is 94.3. The van der Waals surface area contributed by atoms with Crippen LogP contribution in [0.4, 0.5) is 35.1 Å². The average molecular weight is 1820 g/mol. The molecule has 8 heterocycles. The quantitative estimate of drug-likeness (QED) is 0.0227. The molecule has 132 heavy (non-hydrogen) atoms. The molecule has 0 radical (unpaired) electrons. The zero-order valence-electron chi connectivity index (χ0n) is 76.8. The number of hydrogen-bond acceptors (Lipinski definition) is 16. The van der Waals surface area contributed by atoms with Gasteiger partial charge >= 0.3 is 0 Å². The van der Waals surface area contributed by atoms with Crippen molar-refractivity contribution in [2.45, 2.75) is 256 Å². The Morgan fingerprint density at radius 1 is 0.288 bits per heavy atom. The summed E-state index contributed by atoms with van der Waals surface area (Å²) in [4.78, 5) is 103. The second-order valence-electron chi connectivity index (χ2n) is 36.6. The number of fused-ring (bicyclic) bond motifs is 4. The van der Waals surface area contributed by atoms with Crippen LogP contribution in [-0.2, 0) is 0 Å². The van der Waals surface area contributed by atoms with Gasteiger partial charge in [0.15, 0.2) is 46.3 Å². The van der Waals surface area contributed by atoms with E-state index in [4.69, 9.17) is 18.9 Å². The molecule has 704 valence electrons. The minimum absolute atomic E-state index is 0.0743. The Bertz CT molecular complexity index is 4750. The van der Waals surface area contributed by atoms with Gasteiger partial charge in [0.1, 0.15) is 47.4 Å². The number of nitrogens with one attached hydrogen (secondary N) is 4. The van der Waals surface area contributed by atoms with Crippen LogP contribution in [0.15, 0.2) is 170 Å². The van der Waals surface area contributed by atoms with E-state index in [9.17, 15) is 73.5 Å². The lowest BCUT2D eigenvalue weighted by Crippen LogP contribution is -2.44. The van der Waals surface area contributed by atoms with Crippen molar-refractivity contribution in [2.75, 3.05) is 52.4 Å². The van der Waals surface area contributed by atoms with Gasteiger partial charge in [-0.1, -0.05) is 149 Å². The third kappa shape index (κ3) is 23.1. The predicted molar refractivity (Wildman–Crippen MR) is 494 cm³/mol. The highest BCUT2D eigenvalue weighted by Gasteiger charge is 2.47. The number of ketones is 8. The van der Waals surface area contributed by atoms with Crippen LogP contribution in [0.25, 0.3) is 0 Å². The van der Waals surface area contributed by atoms with Crippen molar-refractivity contribution in [2.24, 2.45) is 23.7 Å². The second-order valence-corrected chi connectivity index (χ2v) is 36.6. The number of piperidine rings is 4. The van der Waals surface area contributed by atoms with E-state index >= 15 is 0 Å². The van der Waals surface area contributed by atoms with Crippen LogP contribution in [0.2, 0.25) is 0 Å². The first-order valence-corrected chi connectivity index (χ1v) is 47.4. The van der Waals surface area contributed by atoms with E-state index in [1.165, 1.54) is 0 Å². The summed E-state index contributed by atoms with van der Waals surface area (Å²) >= 11 is 0. The van der Waals surface area contributed by atoms with Gasteiger partial charge in [0, 0.05) is 221 Å². The predicted octanol–water partition coefficient (Wildman–Crippen LogP) is 23.2. The van der Waals surface area contributed by atoms with Crippen LogP contribution in [0.1, 0.15) is 335 Å². The number of carbonyl (C=O) groups excluding carboxylic acids is 8. The molecule has 0 saturated carbocycles. The topological polar surface area (TPSA) is 222 Å². The van der Waals surface area contributed by atoms with Crippen molar-refractivity contribution in [3.05, 3.63) is 259 Å². The average Bonchev–Trinajstić information content (AvgIpc) is 1.66. The molecular weight excluding hydrogens is 1700 g/mol. The summed E-state index contributed by atoms with van der Waals surface area (Å²) in [5.74, 6) is -12.6. The van der Waals surface area contributed by atoms with Gasteiger partial charge in [-0.3, -0.25) is 38.4 Å². The zero-order valence-corrected chi connectivity index (χ0v) is 76.8. The molecule has 8 aromatic rings. The first-order chi connectivity index (χ1) is 63.3. The number of Topliss-reactive ketones (excluding diaryl/α,β-unsaturated/α-hetero) is 8. The Balaban J connectivity index is 0.000000150. The molecule has 8 aliphatic heterocycles. The molecule has 0 spiro atoms. The van der Waals surface area contributed by atoms with Gasteiger partial charge in [0.2, 0.25) is 0 Å². The Morgan fingerprint density at radius 3 is 0.652 bits per heavy atom. The minimum Gasteiger partial charge on any atom is -0.489 e. The second kappa shape index (κ2) is 44.2. The first-order valence-electron chi connectivity index (χ1n) is 47.4. The molecule has 24 heteroatoms. The highest BCUT2D eigenvalue weighted by atomic mass is 19.3. The molecule has 0 unspecified atom stereocenters. The van der Waals surface area contributed by atoms with E-state index in [-0.39, 0.29) is 172 Å². The number of halogens is 8. The highest BCUT2D eigenvalue weighted by Crippen LogP contribution is 2.51. The lowest BCUT2D eigenvalue weighted by atomic mass is 9.85. The Kier molecular flexibility index (Phi) is 33.2. The Morgan fingerprint density at radius 2 is 0.477 bits per heavy atom. The SMILES string of the molecule is CCC(=O)c1cc(C(=O)CCC[C@@H]2CNCCC2(F)F)cc2c1O[C@@H](C)[C@@H]2c1ccccc1.CCC(=O)c1cc(C(=O)CCC[C@@H]2CNCCC2(F)F)cc2c1O[C@H](C)[C@H]2c1ccccc1.CCC(=O)c1cc(C(=O)CCC[C@H]2CNCCC2(F)F)cc2c1O[C@@H](C)[C@@H]2c1ccccc1.CCC(=O)c1cc(C(=O)CCC[C@H]2CNCCC2(F)F)cc2c1O[C@H](C)[C@H]2c1ccccc1. The third-order valence-corrected chi connectivity index (χ3v) is 27.6. The summed E-state index contributed by atoms with van der Waals surface area (Å²) in [6, 6.07) is 53.5. The summed E-state index contributed by atoms with van der Waals surface area (Å²) in [5.41, 5.74) is 11.2. The Labute approximate surface area is 769 Å². The monoisotopic (exact) mass is 1820 g/mol. The number of alkyl halides is 8. The molecule has 0 bridgehead atoms. The number of hydrogen-bond donors (Lipinski definition) is 4. The van der Waals surface area contributed by atoms with Crippen molar-refractivity contribution in [1.82, 2.24) is 21.3 Å². The van der Waals surface area contributed by atoms with E-state index in [1.54, 1.807) is 52.0 Å². The lowest BCUT2D eigenvalue weighted by molar-refractivity contribution is -0.0815. The summed E-state index contributed by atoms with van der Waals surface area (Å²) in [6.45, 7) is 17.5. The van der Waals surface area contributed by atoms with Gasteiger partial charge in [0.05, 0.1) is 22.3 Å². The molecule has 8 aliphatic rings. The van der Waals surface area contributed by atoms with Crippen molar-refractivity contribution >= 4 is 46.3 Å². The molecule has 0 aliphatic carbocycles. The van der Waals surface area contributed by atoms with Crippen LogP contribution in [0.3, 0.4) is 0 Å². The molecule has 16 rings (SSSR count). The van der Waals surface area contributed by atoms with E-state index in [0.29, 0.717) is 171 Å². The fraction of sp³-hybridized carbons (Fsp3) is 0.481. The maximum Gasteiger partial charge on any atom is 0.253 e. The Hall–Kier alpha value is -10.4. The van der Waals surface area contributed by atoms with E-state index in [0.717, 1.165) is 44.5 Å². The van der Waals surface area contributed by atoms with Gasteiger partial charge in [-0.2, -0.15) is 0 Å². The number of carbonyl (C=O) groups is 8. The molecular formula is C108H124F8N4O12. The summed E-state index contributed by atoms with van der Waals surface area (Å²) in [5, 5.41) is 12.1. The first kappa shape index (κ1) is 99.1. The van der Waals surface area contributed by atoms with Crippen LogP contribution in [-0.4, -0.2) is 147 Å². The standard InChI is InChI=1S/4C27H31F2NO3/c4*1-3-23(31)21-14-19(24(32)11-7-10-20-16-30-13-12-27(20,28)29)15-22-25(17(2)33-26(21)22)18-8-5-4-6-9-18/h4*4-6,8-9,14-15,17,20,25,30H,3,7,10-13,16H2,1-2H3/t2*17-,20+,25+;2*17-,20-,25+/m1010/s1. The van der Waals surface area contributed by atoms with Crippen molar-refractivity contribution in [3.8, 4) is 23.0 Å². The number of benzene rings is 8. The van der Waals surface area contributed by atoms with Crippen molar-refractivity contribution < 1.29 is 92.4 Å². The summed E-state index contributed by atoms with van der Waals surface area (Å²) in [6.07, 6.45) is 3.40. The van der Waals surface area contributed by atoms with E-state index < -0.39 is 47.4 Å². The van der Waals surface area contributed by atoms with Crippen LogP contribution in [0.5, 0.6) is 23.0 Å². The van der Waals surface area contributed by atoms with Crippen LogP contribution in [0, 0.1) is 23.7 Å². The van der Waals surface area contributed by atoms with E-state index in [2.05, 4.69) is 21.3 Å². The van der Waals surface area contributed by atoms with Gasteiger partial charge in [-0.25, -0.2) is 35.1 Å². The van der Waals surface area contributed by atoms with Crippen molar-refractivity contribution in [3.63, 3.8) is 0 Å². The summed E-state index contributed by atoms with van der Waals surface area (Å²) < 4.78 is 137. The maximum absolute atomic E-state index is 14.1. The molecule has 4 saturated heterocycles. The molecule has 0 amide bonds. The van der Waals surface area contributed by atoms with Gasteiger partial charge in [0.25, 0.3) is 23.7 Å². The van der Waals surface area contributed by atoms with Gasteiger partial charge < -0.3 is 40.2 Å². The molecule has 16 nitrogen and oxygen atoms in total. The molecule has 12 atom stereocenters. The fourth-order valence-electron chi connectivity index (χ4n) is 20.2. The van der Waals surface area contributed by atoms with Crippen molar-refractivity contribution in [1.29, 1.82) is 0 Å². The smallest absolute Gasteiger partial charge is 0.253 e. The highest BCUT2D eigenvalue weighted by molar-refractivity contribution is 6.07. The normalized spacial score (nSPS) is 23.6.